The first-order chi connectivity index (χ1) is 10.3. The van der Waals surface area contributed by atoms with Crippen LogP contribution in [-0.2, 0) is 0 Å². The first-order valence-corrected chi connectivity index (χ1v) is 6.36. The van der Waals surface area contributed by atoms with E-state index in [1.807, 2.05) is 36.5 Å². The highest BCUT2D eigenvalue weighted by molar-refractivity contribution is 5.69. The van der Waals surface area contributed by atoms with Crippen LogP contribution in [-0.4, -0.2) is 34.0 Å². The molecule has 6 heteroatoms. The molecular formula is C15H14N4O2. The lowest BCUT2D eigenvalue weighted by Crippen LogP contribution is -2.00. The first-order valence-electron chi connectivity index (χ1n) is 6.36. The fourth-order valence-corrected chi connectivity index (χ4v) is 2.03. The molecule has 0 fully saturated rings. The molecule has 21 heavy (non-hydrogen) atoms. The van der Waals surface area contributed by atoms with E-state index in [1.54, 1.807) is 25.1 Å². The van der Waals surface area contributed by atoms with Crippen molar-refractivity contribution in [3.8, 4) is 28.6 Å². The van der Waals surface area contributed by atoms with E-state index in [2.05, 4.69) is 15.1 Å². The lowest BCUT2D eigenvalue weighted by Gasteiger charge is -2.10. The molecule has 6 nitrogen and oxygen atoms in total. The van der Waals surface area contributed by atoms with Gasteiger partial charge < -0.3 is 9.47 Å². The van der Waals surface area contributed by atoms with Gasteiger partial charge in [-0.1, -0.05) is 0 Å². The topological polar surface area (TPSA) is 62.1 Å². The van der Waals surface area contributed by atoms with Crippen molar-refractivity contribution in [1.82, 2.24) is 19.7 Å². The van der Waals surface area contributed by atoms with Gasteiger partial charge in [-0.3, -0.25) is 0 Å². The third kappa shape index (κ3) is 2.55. The van der Waals surface area contributed by atoms with Crippen LogP contribution in [0.3, 0.4) is 0 Å². The monoisotopic (exact) mass is 282 g/mol. The number of aromatic nitrogens is 4. The molecule has 0 saturated heterocycles. The van der Waals surface area contributed by atoms with Crippen molar-refractivity contribution in [3.63, 3.8) is 0 Å². The zero-order chi connectivity index (χ0) is 14.7. The standard InChI is InChI=1S/C15H14N4O2/c1-20-11-4-5-12(14(8-11)21-2)13-9-15(17-10-16-13)19-7-3-6-18-19/h3-10H,1-2H3. The third-order valence-electron chi connectivity index (χ3n) is 3.08. The number of ether oxygens (including phenoxy) is 2. The van der Waals surface area contributed by atoms with Gasteiger partial charge in [0.1, 0.15) is 17.8 Å². The van der Waals surface area contributed by atoms with Crippen molar-refractivity contribution in [3.05, 3.63) is 49.1 Å². The van der Waals surface area contributed by atoms with Gasteiger partial charge in [-0.2, -0.15) is 5.10 Å². The Morgan fingerprint density at radius 3 is 2.67 bits per heavy atom. The zero-order valence-electron chi connectivity index (χ0n) is 11.7. The maximum absolute atomic E-state index is 5.41. The van der Waals surface area contributed by atoms with Crippen LogP contribution in [0.5, 0.6) is 11.5 Å². The predicted octanol–water partition coefficient (Wildman–Crippen LogP) is 2.35. The molecule has 0 N–H and O–H groups in total. The minimum Gasteiger partial charge on any atom is -0.497 e. The van der Waals surface area contributed by atoms with Crippen LogP contribution in [0, 0.1) is 0 Å². The number of benzene rings is 1. The number of hydrogen-bond donors (Lipinski definition) is 0. The van der Waals surface area contributed by atoms with Crippen molar-refractivity contribution < 1.29 is 9.47 Å². The molecule has 0 radical (unpaired) electrons. The number of methoxy groups -OCH3 is 2. The second kappa shape index (κ2) is 5.62. The Labute approximate surface area is 122 Å². The number of nitrogens with zero attached hydrogens (tertiary/aromatic N) is 4. The molecular weight excluding hydrogens is 268 g/mol. The summed E-state index contributed by atoms with van der Waals surface area (Å²) in [6.45, 7) is 0. The highest BCUT2D eigenvalue weighted by atomic mass is 16.5. The van der Waals surface area contributed by atoms with Crippen LogP contribution in [0.15, 0.2) is 49.1 Å². The zero-order valence-corrected chi connectivity index (χ0v) is 11.7. The summed E-state index contributed by atoms with van der Waals surface area (Å²) < 4.78 is 12.3. The SMILES string of the molecule is COc1ccc(-c2cc(-n3cccn3)ncn2)c(OC)c1. The van der Waals surface area contributed by atoms with E-state index in [0.717, 1.165) is 17.0 Å². The molecule has 0 saturated carbocycles. The van der Waals surface area contributed by atoms with Crippen LogP contribution in [0.1, 0.15) is 0 Å². The molecule has 0 aliphatic carbocycles. The average Bonchev–Trinajstić information content (AvgIpc) is 3.09. The lowest BCUT2D eigenvalue weighted by molar-refractivity contribution is 0.395. The highest BCUT2D eigenvalue weighted by Gasteiger charge is 2.10. The van der Waals surface area contributed by atoms with E-state index in [-0.39, 0.29) is 0 Å². The van der Waals surface area contributed by atoms with E-state index in [4.69, 9.17) is 9.47 Å². The Balaban J connectivity index is 2.06. The highest BCUT2D eigenvalue weighted by Crippen LogP contribution is 2.32. The summed E-state index contributed by atoms with van der Waals surface area (Å²) >= 11 is 0. The summed E-state index contributed by atoms with van der Waals surface area (Å²) in [5.74, 6) is 2.12. The van der Waals surface area contributed by atoms with Gasteiger partial charge in [0.25, 0.3) is 0 Å². The van der Waals surface area contributed by atoms with Gasteiger partial charge >= 0.3 is 0 Å². The smallest absolute Gasteiger partial charge is 0.157 e. The minimum atomic E-state index is 0.694. The van der Waals surface area contributed by atoms with E-state index in [9.17, 15) is 0 Å². The number of hydrogen-bond acceptors (Lipinski definition) is 5. The molecule has 0 bridgehead atoms. The molecule has 0 unspecified atom stereocenters. The van der Waals surface area contributed by atoms with Gasteiger partial charge in [-0.05, 0) is 18.2 Å². The summed E-state index contributed by atoms with van der Waals surface area (Å²) in [4.78, 5) is 8.53. The fourth-order valence-electron chi connectivity index (χ4n) is 2.03. The van der Waals surface area contributed by atoms with Crippen LogP contribution in [0.2, 0.25) is 0 Å². The molecule has 3 rings (SSSR count). The van der Waals surface area contributed by atoms with E-state index < -0.39 is 0 Å². The normalized spacial score (nSPS) is 10.4. The van der Waals surface area contributed by atoms with E-state index in [1.165, 1.54) is 6.33 Å². The molecule has 0 atom stereocenters. The molecule has 106 valence electrons. The van der Waals surface area contributed by atoms with Crippen molar-refractivity contribution in [2.75, 3.05) is 14.2 Å². The van der Waals surface area contributed by atoms with Crippen LogP contribution in [0.25, 0.3) is 17.1 Å². The Hall–Kier alpha value is -2.89. The van der Waals surface area contributed by atoms with Gasteiger partial charge in [-0.25, -0.2) is 14.6 Å². The summed E-state index contributed by atoms with van der Waals surface area (Å²) in [5.41, 5.74) is 1.63. The number of rotatable bonds is 4. The summed E-state index contributed by atoms with van der Waals surface area (Å²) in [5, 5.41) is 4.17. The van der Waals surface area contributed by atoms with Gasteiger partial charge in [0.2, 0.25) is 0 Å². The molecule has 2 heterocycles. The van der Waals surface area contributed by atoms with Crippen molar-refractivity contribution in [2.24, 2.45) is 0 Å². The third-order valence-corrected chi connectivity index (χ3v) is 3.08. The molecule has 0 aliphatic heterocycles. The molecule has 2 aromatic heterocycles. The Morgan fingerprint density at radius 2 is 1.95 bits per heavy atom. The van der Waals surface area contributed by atoms with E-state index >= 15 is 0 Å². The summed E-state index contributed by atoms with van der Waals surface area (Å²) in [7, 11) is 3.24. The maximum atomic E-state index is 5.41. The second-order valence-electron chi connectivity index (χ2n) is 4.28. The molecule has 1 aromatic carbocycles. The van der Waals surface area contributed by atoms with Crippen molar-refractivity contribution >= 4 is 0 Å². The summed E-state index contributed by atoms with van der Waals surface area (Å²) in [6, 6.07) is 9.30. The molecule has 0 spiro atoms. The Bertz CT molecular complexity index is 741. The average molecular weight is 282 g/mol. The van der Waals surface area contributed by atoms with Crippen LogP contribution in [0.4, 0.5) is 0 Å². The van der Waals surface area contributed by atoms with Gasteiger partial charge in [-0.15, -0.1) is 0 Å². The second-order valence-corrected chi connectivity index (χ2v) is 4.28. The first kappa shape index (κ1) is 13.1. The van der Waals surface area contributed by atoms with Crippen LogP contribution >= 0.6 is 0 Å². The van der Waals surface area contributed by atoms with Gasteiger partial charge in [0.05, 0.1) is 19.9 Å². The van der Waals surface area contributed by atoms with Crippen molar-refractivity contribution in [2.45, 2.75) is 0 Å². The van der Waals surface area contributed by atoms with Gasteiger partial charge in [0, 0.05) is 30.1 Å². The van der Waals surface area contributed by atoms with Crippen LogP contribution < -0.4 is 9.47 Å². The quantitative estimate of drug-likeness (QED) is 0.735. The Morgan fingerprint density at radius 1 is 1.05 bits per heavy atom. The largest absolute Gasteiger partial charge is 0.497 e. The van der Waals surface area contributed by atoms with E-state index in [0.29, 0.717) is 11.6 Å². The maximum Gasteiger partial charge on any atom is 0.157 e. The molecule has 0 aliphatic rings. The summed E-state index contributed by atoms with van der Waals surface area (Å²) in [6.07, 6.45) is 5.04. The molecule has 3 aromatic rings. The van der Waals surface area contributed by atoms with Crippen molar-refractivity contribution in [1.29, 1.82) is 0 Å². The fraction of sp³-hybridized carbons (Fsp3) is 0.133. The Kier molecular flexibility index (Phi) is 3.51. The lowest BCUT2D eigenvalue weighted by atomic mass is 10.1. The predicted molar refractivity (Wildman–Crippen MR) is 77.7 cm³/mol. The minimum absolute atomic E-state index is 0.694. The molecule has 0 amide bonds. The van der Waals surface area contributed by atoms with Gasteiger partial charge in [0.15, 0.2) is 5.82 Å².